The maximum Gasteiger partial charge on any atom is 0.308 e. The molecule has 0 bridgehead atoms. The molecular formula is C11H15NO5. The second-order valence-corrected chi connectivity index (χ2v) is 4.45. The van der Waals surface area contributed by atoms with Crippen molar-refractivity contribution in [2.24, 2.45) is 5.92 Å². The number of carboxylic acid groups (broad SMARTS) is 1. The lowest BCUT2D eigenvalue weighted by Crippen LogP contribution is -2.55. The lowest BCUT2D eigenvalue weighted by molar-refractivity contribution is -0.166. The van der Waals surface area contributed by atoms with Gasteiger partial charge in [0.2, 0.25) is 0 Å². The van der Waals surface area contributed by atoms with Crippen LogP contribution >= 0.6 is 0 Å². The van der Waals surface area contributed by atoms with Crippen LogP contribution in [0, 0.1) is 5.92 Å². The lowest BCUT2D eigenvalue weighted by atomic mass is 9.83. The van der Waals surface area contributed by atoms with E-state index in [0.717, 1.165) is 17.7 Å². The number of hydrogen-bond donors (Lipinski definition) is 1. The molecule has 2 fully saturated rings. The minimum Gasteiger partial charge on any atom is -0.481 e. The summed E-state index contributed by atoms with van der Waals surface area (Å²) in [7, 11) is 0. The molecule has 2 rings (SSSR count). The fourth-order valence-electron chi connectivity index (χ4n) is 2.58. The van der Waals surface area contributed by atoms with Crippen LogP contribution in [-0.4, -0.2) is 47.0 Å². The van der Waals surface area contributed by atoms with Gasteiger partial charge < -0.3 is 9.84 Å². The predicted molar refractivity (Wildman–Crippen MR) is 56.1 cm³/mol. The summed E-state index contributed by atoms with van der Waals surface area (Å²) in [6.07, 6.45) is 2.79. The molecule has 0 aromatic carbocycles. The Morgan fingerprint density at radius 2 is 1.76 bits per heavy atom. The van der Waals surface area contributed by atoms with Gasteiger partial charge in [-0.05, 0) is 12.8 Å². The van der Waals surface area contributed by atoms with E-state index in [4.69, 9.17) is 9.84 Å². The molecule has 1 N–H and O–H groups in total. The van der Waals surface area contributed by atoms with Crippen LogP contribution in [0.3, 0.4) is 0 Å². The number of hydrogen-bond acceptors (Lipinski definition) is 4. The maximum atomic E-state index is 11.7. The Balaban J connectivity index is 2.19. The summed E-state index contributed by atoms with van der Waals surface area (Å²) in [4.78, 5) is 35.6. The normalized spacial score (nSPS) is 30.5. The van der Waals surface area contributed by atoms with Gasteiger partial charge in [0.15, 0.2) is 0 Å². The highest BCUT2D eigenvalue weighted by atomic mass is 16.5. The largest absolute Gasteiger partial charge is 0.481 e. The first-order chi connectivity index (χ1) is 8.11. The molecule has 6 nitrogen and oxygen atoms in total. The Kier molecular flexibility index (Phi) is 3.42. The van der Waals surface area contributed by atoms with E-state index >= 15 is 0 Å². The molecule has 1 saturated carbocycles. The molecule has 2 aliphatic rings. The minimum absolute atomic E-state index is 0.130. The number of carboxylic acids is 1. The molecule has 1 aliphatic carbocycles. The molecule has 2 unspecified atom stereocenters. The standard InChI is InChI=1S/C11H15NO5/c13-9-5-17-6-10(14)12(9)8-4-2-1-3-7(8)11(15)16/h7-8H,1-6H2,(H,15,16). The van der Waals surface area contributed by atoms with Crippen LogP contribution < -0.4 is 0 Å². The number of carbonyl (C=O) groups is 3. The quantitative estimate of drug-likeness (QED) is 0.689. The number of ether oxygens (including phenoxy) is 1. The van der Waals surface area contributed by atoms with Gasteiger partial charge in [-0.1, -0.05) is 12.8 Å². The first kappa shape index (κ1) is 12.0. The molecular weight excluding hydrogens is 226 g/mol. The summed E-state index contributed by atoms with van der Waals surface area (Å²) in [5.41, 5.74) is 0. The van der Waals surface area contributed by atoms with E-state index in [9.17, 15) is 14.4 Å². The van der Waals surface area contributed by atoms with Gasteiger partial charge in [-0.2, -0.15) is 0 Å². The van der Waals surface area contributed by atoms with Gasteiger partial charge in [0.05, 0.1) is 12.0 Å². The number of rotatable bonds is 2. The molecule has 6 heteroatoms. The van der Waals surface area contributed by atoms with Crippen LogP contribution in [0.15, 0.2) is 0 Å². The molecule has 1 saturated heterocycles. The van der Waals surface area contributed by atoms with Crippen molar-refractivity contribution in [1.29, 1.82) is 0 Å². The fourth-order valence-corrected chi connectivity index (χ4v) is 2.58. The monoisotopic (exact) mass is 241 g/mol. The highest BCUT2D eigenvalue weighted by molar-refractivity contribution is 5.99. The van der Waals surface area contributed by atoms with Gasteiger partial charge in [0, 0.05) is 0 Å². The van der Waals surface area contributed by atoms with Gasteiger partial charge in [-0.3, -0.25) is 19.3 Å². The third-order valence-electron chi connectivity index (χ3n) is 3.37. The van der Waals surface area contributed by atoms with Gasteiger partial charge in [-0.15, -0.1) is 0 Å². The van der Waals surface area contributed by atoms with E-state index in [1.165, 1.54) is 0 Å². The molecule has 17 heavy (non-hydrogen) atoms. The molecule has 2 amide bonds. The summed E-state index contributed by atoms with van der Waals surface area (Å²) < 4.78 is 4.82. The van der Waals surface area contributed by atoms with Crippen molar-refractivity contribution in [3.8, 4) is 0 Å². The van der Waals surface area contributed by atoms with Crippen LogP contribution in [0.5, 0.6) is 0 Å². The van der Waals surface area contributed by atoms with Crippen molar-refractivity contribution in [3.63, 3.8) is 0 Å². The fraction of sp³-hybridized carbons (Fsp3) is 0.727. The Morgan fingerprint density at radius 3 is 2.35 bits per heavy atom. The molecule has 2 atom stereocenters. The molecule has 94 valence electrons. The van der Waals surface area contributed by atoms with Crippen molar-refractivity contribution in [2.45, 2.75) is 31.7 Å². The number of carbonyl (C=O) groups excluding carboxylic acids is 2. The Morgan fingerprint density at radius 1 is 1.18 bits per heavy atom. The molecule has 1 aliphatic heterocycles. The van der Waals surface area contributed by atoms with Crippen molar-refractivity contribution in [1.82, 2.24) is 4.90 Å². The van der Waals surface area contributed by atoms with E-state index in [1.807, 2.05) is 0 Å². The van der Waals surface area contributed by atoms with E-state index in [1.54, 1.807) is 0 Å². The van der Waals surface area contributed by atoms with Crippen LogP contribution in [0.4, 0.5) is 0 Å². The molecule has 0 aromatic rings. The first-order valence-corrected chi connectivity index (χ1v) is 5.76. The van der Waals surface area contributed by atoms with Gasteiger partial charge in [0.25, 0.3) is 11.8 Å². The number of morpholine rings is 1. The van der Waals surface area contributed by atoms with Crippen LogP contribution in [0.2, 0.25) is 0 Å². The van der Waals surface area contributed by atoms with Gasteiger partial charge in [0.1, 0.15) is 13.2 Å². The van der Waals surface area contributed by atoms with Crippen molar-refractivity contribution in [3.05, 3.63) is 0 Å². The summed E-state index contributed by atoms with van der Waals surface area (Å²) in [5, 5.41) is 9.13. The number of aliphatic carboxylic acids is 1. The zero-order valence-electron chi connectivity index (χ0n) is 9.42. The molecule has 0 spiro atoms. The Hall–Kier alpha value is -1.43. The highest BCUT2D eigenvalue weighted by Crippen LogP contribution is 2.29. The first-order valence-electron chi connectivity index (χ1n) is 5.76. The summed E-state index contributed by atoms with van der Waals surface area (Å²) in [5.74, 6) is -2.39. The van der Waals surface area contributed by atoms with Gasteiger partial charge in [-0.25, -0.2) is 0 Å². The van der Waals surface area contributed by atoms with Crippen molar-refractivity contribution >= 4 is 17.8 Å². The zero-order valence-corrected chi connectivity index (χ0v) is 9.42. The van der Waals surface area contributed by atoms with E-state index in [-0.39, 0.29) is 13.2 Å². The van der Waals surface area contributed by atoms with Gasteiger partial charge >= 0.3 is 5.97 Å². The summed E-state index contributed by atoms with van der Waals surface area (Å²) in [6.45, 7) is -0.261. The average Bonchev–Trinajstić information content (AvgIpc) is 2.29. The smallest absolute Gasteiger partial charge is 0.308 e. The van der Waals surface area contributed by atoms with E-state index < -0.39 is 29.7 Å². The molecule has 0 radical (unpaired) electrons. The second kappa shape index (κ2) is 4.83. The molecule has 0 aromatic heterocycles. The minimum atomic E-state index is -0.929. The van der Waals surface area contributed by atoms with E-state index in [0.29, 0.717) is 12.8 Å². The Bertz CT molecular complexity index is 338. The third kappa shape index (κ3) is 2.31. The predicted octanol–water partition coefficient (Wildman–Crippen LogP) is 0.0152. The van der Waals surface area contributed by atoms with E-state index in [2.05, 4.69) is 0 Å². The van der Waals surface area contributed by atoms with Crippen molar-refractivity contribution in [2.75, 3.05) is 13.2 Å². The number of nitrogens with zero attached hydrogens (tertiary/aromatic N) is 1. The Labute approximate surface area is 98.5 Å². The molecule has 1 heterocycles. The van der Waals surface area contributed by atoms with Crippen LogP contribution in [0.1, 0.15) is 25.7 Å². The topological polar surface area (TPSA) is 83.9 Å². The zero-order chi connectivity index (χ0) is 12.4. The number of imide groups is 1. The average molecular weight is 241 g/mol. The number of amides is 2. The third-order valence-corrected chi connectivity index (χ3v) is 3.37. The highest BCUT2D eigenvalue weighted by Gasteiger charge is 2.41. The van der Waals surface area contributed by atoms with Crippen molar-refractivity contribution < 1.29 is 24.2 Å². The van der Waals surface area contributed by atoms with Crippen LogP contribution in [0.25, 0.3) is 0 Å². The summed E-state index contributed by atoms with van der Waals surface area (Å²) >= 11 is 0. The SMILES string of the molecule is O=C(O)C1CCCCC1N1C(=O)COCC1=O. The second-order valence-electron chi connectivity index (χ2n) is 4.45. The van der Waals surface area contributed by atoms with Crippen LogP contribution in [-0.2, 0) is 19.1 Å². The maximum absolute atomic E-state index is 11.7. The lowest BCUT2D eigenvalue weighted by Gasteiger charge is -2.38. The summed E-state index contributed by atoms with van der Waals surface area (Å²) in [6, 6.07) is -0.495.